The SMILES string of the molecule is CNCCC(O)C(O)c1cc(C)c(N)cc1Cl. The molecule has 1 aromatic rings. The number of hydrogen-bond donors (Lipinski definition) is 4. The summed E-state index contributed by atoms with van der Waals surface area (Å²) in [7, 11) is 1.79. The topological polar surface area (TPSA) is 78.5 Å². The Morgan fingerprint density at radius 1 is 1.41 bits per heavy atom. The van der Waals surface area contributed by atoms with E-state index in [9.17, 15) is 10.2 Å². The number of nitrogens with two attached hydrogens (primary N) is 1. The molecule has 0 saturated carbocycles. The Labute approximate surface area is 106 Å². The maximum Gasteiger partial charge on any atom is 0.106 e. The van der Waals surface area contributed by atoms with Crippen molar-refractivity contribution < 1.29 is 10.2 Å². The number of benzene rings is 1. The number of nitrogen functional groups attached to an aromatic ring is 1. The van der Waals surface area contributed by atoms with Gasteiger partial charge < -0.3 is 21.3 Å². The molecule has 0 bridgehead atoms. The van der Waals surface area contributed by atoms with Crippen LogP contribution in [0.5, 0.6) is 0 Å². The molecule has 0 aliphatic rings. The van der Waals surface area contributed by atoms with Gasteiger partial charge in [0, 0.05) is 16.3 Å². The average molecular weight is 259 g/mol. The summed E-state index contributed by atoms with van der Waals surface area (Å²) >= 11 is 6.01. The lowest BCUT2D eigenvalue weighted by Crippen LogP contribution is -2.23. The number of aliphatic hydroxyl groups is 2. The molecule has 0 heterocycles. The first kappa shape index (κ1) is 14.3. The number of anilines is 1. The third-order valence-corrected chi connectivity index (χ3v) is 3.09. The van der Waals surface area contributed by atoms with Crippen LogP contribution in [0, 0.1) is 6.92 Å². The molecule has 0 aromatic heterocycles. The lowest BCUT2D eigenvalue weighted by atomic mass is 9.99. The van der Waals surface area contributed by atoms with Crippen LogP contribution >= 0.6 is 11.6 Å². The van der Waals surface area contributed by atoms with E-state index in [1.807, 2.05) is 6.92 Å². The minimum absolute atomic E-state index is 0.379. The third-order valence-electron chi connectivity index (χ3n) is 2.76. The summed E-state index contributed by atoms with van der Waals surface area (Å²) in [5.41, 5.74) is 7.64. The Hall–Kier alpha value is -0.810. The van der Waals surface area contributed by atoms with Crippen LogP contribution < -0.4 is 11.1 Å². The van der Waals surface area contributed by atoms with Crippen molar-refractivity contribution in [2.45, 2.75) is 25.6 Å². The summed E-state index contributed by atoms with van der Waals surface area (Å²) in [5, 5.41) is 23.1. The molecule has 0 aliphatic carbocycles. The molecule has 5 N–H and O–H groups in total. The summed E-state index contributed by atoms with van der Waals surface area (Å²) in [6, 6.07) is 3.31. The Morgan fingerprint density at radius 2 is 2.06 bits per heavy atom. The van der Waals surface area contributed by atoms with Crippen LogP contribution in [0.15, 0.2) is 12.1 Å². The van der Waals surface area contributed by atoms with Gasteiger partial charge in [-0.1, -0.05) is 11.6 Å². The van der Waals surface area contributed by atoms with Crippen molar-refractivity contribution in [3.8, 4) is 0 Å². The quantitative estimate of drug-likeness (QED) is 0.599. The van der Waals surface area contributed by atoms with Gasteiger partial charge in [0.15, 0.2) is 0 Å². The van der Waals surface area contributed by atoms with E-state index >= 15 is 0 Å². The van der Waals surface area contributed by atoms with Gasteiger partial charge in [-0.3, -0.25) is 0 Å². The molecule has 2 unspecified atom stereocenters. The van der Waals surface area contributed by atoms with E-state index < -0.39 is 12.2 Å². The highest BCUT2D eigenvalue weighted by Gasteiger charge is 2.21. The zero-order chi connectivity index (χ0) is 13.0. The molecule has 96 valence electrons. The molecule has 5 heteroatoms. The minimum atomic E-state index is -0.991. The van der Waals surface area contributed by atoms with Crippen molar-refractivity contribution in [1.29, 1.82) is 0 Å². The van der Waals surface area contributed by atoms with Gasteiger partial charge in [0.1, 0.15) is 6.10 Å². The fraction of sp³-hybridized carbons (Fsp3) is 0.500. The molecule has 0 spiro atoms. The van der Waals surface area contributed by atoms with Crippen molar-refractivity contribution >= 4 is 17.3 Å². The highest BCUT2D eigenvalue weighted by Crippen LogP contribution is 2.30. The summed E-state index contributed by atoms with van der Waals surface area (Å²) in [6.07, 6.45) is -1.38. The number of aryl methyl sites for hydroxylation is 1. The van der Waals surface area contributed by atoms with Crippen molar-refractivity contribution in [2.75, 3.05) is 19.3 Å². The van der Waals surface area contributed by atoms with E-state index in [0.29, 0.717) is 29.2 Å². The van der Waals surface area contributed by atoms with Crippen molar-refractivity contribution in [3.63, 3.8) is 0 Å². The van der Waals surface area contributed by atoms with Gasteiger partial charge in [0.25, 0.3) is 0 Å². The standard InChI is InChI=1S/C12H19ClN2O2/c1-7-5-8(9(13)6-10(7)14)12(17)11(16)3-4-15-2/h5-6,11-12,15-17H,3-4,14H2,1-2H3. The Kier molecular flexibility index (Phi) is 5.21. The molecule has 2 atom stereocenters. The van der Waals surface area contributed by atoms with Gasteiger partial charge in [0.05, 0.1) is 6.10 Å². The second kappa shape index (κ2) is 6.21. The molecule has 0 aliphatic heterocycles. The number of hydrogen-bond acceptors (Lipinski definition) is 4. The molecular weight excluding hydrogens is 240 g/mol. The lowest BCUT2D eigenvalue weighted by molar-refractivity contribution is 0.0141. The molecule has 0 radical (unpaired) electrons. The van der Waals surface area contributed by atoms with Crippen LogP contribution in [0.3, 0.4) is 0 Å². The molecule has 17 heavy (non-hydrogen) atoms. The zero-order valence-electron chi connectivity index (χ0n) is 10.1. The van der Waals surface area contributed by atoms with Crippen LogP contribution in [0.1, 0.15) is 23.7 Å². The summed E-state index contributed by atoms with van der Waals surface area (Å²) in [5.74, 6) is 0. The summed E-state index contributed by atoms with van der Waals surface area (Å²) < 4.78 is 0. The van der Waals surface area contributed by atoms with Gasteiger partial charge in [-0.2, -0.15) is 0 Å². The van der Waals surface area contributed by atoms with Crippen molar-refractivity contribution in [1.82, 2.24) is 5.32 Å². The first-order valence-electron chi connectivity index (χ1n) is 5.53. The van der Waals surface area contributed by atoms with E-state index in [-0.39, 0.29) is 0 Å². The zero-order valence-corrected chi connectivity index (χ0v) is 10.8. The molecular formula is C12H19ClN2O2. The number of nitrogens with one attached hydrogen (secondary N) is 1. The molecule has 1 rings (SSSR count). The van der Waals surface area contributed by atoms with Crippen LogP contribution in [-0.4, -0.2) is 29.9 Å². The van der Waals surface area contributed by atoms with Crippen molar-refractivity contribution in [2.24, 2.45) is 0 Å². The molecule has 0 saturated heterocycles. The van der Waals surface area contributed by atoms with Crippen LogP contribution in [-0.2, 0) is 0 Å². The predicted molar refractivity (Wildman–Crippen MR) is 70.1 cm³/mol. The third kappa shape index (κ3) is 3.57. The van der Waals surface area contributed by atoms with Crippen LogP contribution in [0.25, 0.3) is 0 Å². The maximum atomic E-state index is 10.0. The minimum Gasteiger partial charge on any atom is -0.398 e. The molecule has 4 nitrogen and oxygen atoms in total. The van der Waals surface area contributed by atoms with E-state index in [0.717, 1.165) is 5.56 Å². The van der Waals surface area contributed by atoms with Crippen LogP contribution in [0.2, 0.25) is 5.02 Å². The molecule has 0 fully saturated rings. The Morgan fingerprint density at radius 3 is 2.65 bits per heavy atom. The number of halogens is 1. The van der Waals surface area contributed by atoms with E-state index in [1.165, 1.54) is 0 Å². The first-order chi connectivity index (χ1) is 7.97. The normalized spacial score (nSPS) is 14.6. The smallest absolute Gasteiger partial charge is 0.106 e. The lowest BCUT2D eigenvalue weighted by Gasteiger charge is -2.20. The molecule has 1 aromatic carbocycles. The Bertz CT molecular complexity index is 385. The predicted octanol–water partition coefficient (Wildman–Crippen LogP) is 1.23. The monoisotopic (exact) mass is 258 g/mol. The van der Waals surface area contributed by atoms with Gasteiger partial charge in [-0.25, -0.2) is 0 Å². The second-order valence-electron chi connectivity index (χ2n) is 4.13. The van der Waals surface area contributed by atoms with E-state index in [2.05, 4.69) is 5.32 Å². The van der Waals surface area contributed by atoms with E-state index in [4.69, 9.17) is 17.3 Å². The highest BCUT2D eigenvalue weighted by atomic mass is 35.5. The molecule has 0 amide bonds. The highest BCUT2D eigenvalue weighted by molar-refractivity contribution is 6.31. The maximum absolute atomic E-state index is 10.0. The summed E-state index contributed by atoms with van der Waals surface area (Å²) in [4.78, 5) is 0. The second-order valence-corrected chi connectivity index (χ2v) is 4.54. The van der Waals surface area contributed by atoms with Crippen LogP contribution in [0.4, 0.5) is 5.69 Å². The largest absolute Gasteiger partial charge is 0.398 e. The number of rotatable bonds is 5. The number of aliphatic hydroxyl groups excluding tert-OH is 2. The average Bonchev–Trinajstić information content (AvgIpc) is 2.29. The van der Waals surface area contributed by atoms with E-state index in [1.54, 1.807) is 19.2 Å². The van der Waals surface area contributed by atoms with Crippen molar-refractivity contribution in [3.05, 3.63) is 28.3 Å². The van der Waals surface area contributed by atoms with Gasteiger partial charge >= 0.3 is 0 Å². The fourth-order valence-corrected chi connectivity index (χ4v) is 1.89. The first-order valence-corrected chi connectivity index (χ1v) is 5.91. The Balaban J connectivity index is 2.88. The van der Waals surface area contributed by atoms with Gasteiger partial charge in [-0.05, 0) is 44.6 Å². The van der Waals surface area contributed by atoms with Gasteiger partial charge in [-0.15, -0.1) is 0 Å². The fourth-order valence-electron chi connectivity index (χ4n) is 1.60. The summed E-state index contributed by atoms with van der Waals surface area (Å²) in [6.45, 7) is 2.46. The van der Waals surface area contributed by atoms with Gasteiger partial charge in [0.2, 0.25) is 0 Å².